The van der Waals surface area contributed by atoms with Crippen molar-refractivity contribution < 1.29 is 64.4 Å². The Labute approximate surface area is 214 Å². The summed E-state index contributed by atoms with van der Waals surface area (Å²) in [6.07, 6.45) is 15.4. The number of unbranched alkanes of at least 4 members (excludes halogenated alkanes) is 11. The van der Waals surface area contributed by atoms with Gasteiger partial charge >= 0.3 is 51.4 Å². The van der Waals surface area contributed by atoms with E-state index in [9.17, 15) is 13.0 Å². The van der Waals surface area contributed by atoms with Crippen molar-refractivity contribution in [3.63, 3.8) is 0 Å². The maximum Gasteiger partial charge on any atom is 1.00 e. The molecule has 1 aromatic carbocycles. The Morgan fingerprint density at radius 3 is 1.93 bits per heavy atom. The SMILES string of the molecule is CCCCCCCCCCCCCCC1Nc2ccccc2N1S(=O)(=O)[O-].[K+]. The van der Waals surface area contributed by atoms with Crippen LogP contribution < -0.4 is 61.0 Å². The fraction of sp³-hybridized carbons (Fsp3) is 0.714. The Bertz CT molecular complexity index is 655. The van der Waals surface area contributed by atoms with Crippen LogP contribution >= 0.6 is 0 Å². The second kappa shape index (κ2) is 14.4. The first-order valence-corrected chi connectivity index (χ1v) is 12.0. The third kappa shape index (κ3) is 9.02. The summed E-state index contributed by atoms with van der Waals surface area (Å²) >= 11 is 0. The molecule has 1 aromatic rings. The van der Waals surface area contributed by atoms with Crippen molar-refractivity contribution in [1.82, 2.24) is 0 Å². The standard InChI is InChI=1S/C21H36N2O3S.K/c1-2-3-4-5-6-7-8-9-10-11-12-13-18-21-22-19-16-14-15-17-20(19)23(21)27(24,25)26;/h14-17,21-22H,2-13,18H2,1H3,(H,24,25,26);/q;+1/p-1. The van der Waals surface area contributed by atoms with Gasteiger partial charge in [0.1, 0.15) is 6.17 Å². The maximum atomic E-state index is 11.7. The van der Waals surface area contributed by atoms with Gasteiger partial charge in [-0.15, -0.1) is 0 Å². The minimum Gasteiger partial charge on any atom is -0.731 e. The fourth-order valence-corrected chi connectivity index (χ4v) is 4.71. The van der Waals surface area contributed by atoms with Crippen LogP contribution in [0, 0.1) is 0 Å². The molecule has 28 heavy (non-hydrogen) atoms. The van der Waals surface area contributed by atoms with E-state index in [1.807, 2.05) is 12.1 Å². The topological polar surface area (TPSA) is 72.5 Å². The number of para-hydroxylation sites is 2. The molecule has 1 aliphatic heterocycles. The van der Waals surface area contributed by atoms with Gasteiger partial charge in [0.15, 0.2) is 10.3 Å². The molecular weight excluding hydrogens is 399 g/mol. The summed E-state index contributed by atoms with van der Waals surface area (Å²) in [7, 11) is -4.51. The molecule has 1 aliphatic rings. The molecule has 0 amide bonds. The first kappa shape index (κ1) is 26.4. The molecule has 7 heteroatoms. The van der Waals surface area contributed by atoms with Crippen molar-refractivity contribution in [3.05, 3.63) is 24.3 Å². The minimum atomic E-state index is -4.51. The van der Waals surface area contributed by atoms with E-state index < -0.39 is 16.5 Å². The number of hydrogen-bond donors (Lipinski definition) is 1. The molecule has 0 radical (unpaired) electrons. The van der Waals surface area contributed by atoms with Gasteiger partial charge in [-0.1, -0.05) is 89.7 Å². The Balaban J connectivity index is 0.00000392. The Morgan fingerprint density at radius 2 is 1.39 bits per heavy atom. The average molecular weight is 435 g/mol. The summed E-state index contributed by atoms with van der Waals surface area (Å²) in [5.41, 5.74) is 1.19. The van der Waals surface area contributed by atoms with Gasteiger partial charge in [0.05, 0.1) is 11.4 Å². The van der Waals surface area contributed by atoms with Gasteiger partial charge in [0.25, 0.3) is 0 Å². The van der Waals surface area contributed by atoms with Crippen molar-refractivity contribution in [2.75, 3.05) is 9.62 Å². The molecule has 1 atom stereocenters. The molecule has 1 N–H and O–H groups in total. The van der Waals surface area contributed by atoms with Crippen LogP contribution in [-0.4, -0.2) is 19.1 Å². The summed E-state index contributed by atoms with van der Waals surface area (Å²) in [5, 5.41) is 3.18. The third-order valence-corrected chi connectivity index (χ3v) is 6.25. The summed E-state index contributed by atoms with van der Waals surface area (Å²) in [4.78, 5) is 0. The zero-order valence-corrected chi connectivity index (χ0v) is 21.6. The molecule has 0 aromatic heterocycles. The van der Waals surface area contributed by atoms with Crippen LogP contribution in [0.5, 0.6) is 0 Å². The molecule has 154 valence electrons. The van der Waals surface area contributed by atoms with Crippen LogP contribution in [-0.2, 0) is 10.3 Å². The van der Waals surface area contributed by atoms with Gasteiger partial charge in [0.2, 0.25) is 0 Å². The van der Waals surface area contributed by atoms with E-state index in [2.05, 4.69) is 12.2 Å². The smallest absolute Gasteiger partial charge is 0.731 e. The van der Waals surface area contributed by atoms with Gasteiger partial charge in [0, 0.05) is 0 Å². The van der Waals surface area contributed by atoms with Crippen LogP contribution in [0.2, 0.25) is 0 Å². The van der Waals surface area contributed by atoms with Crippen molar-refractivity contribution >= 4 is 21.7 Å². The van der Waals surface area contributed by atoms with Crippen molar-refractivity contribution in [2.45, 2.75) is 96.6 Å². The molecule has 0 saturated carbocycles. The number of fused-ring (bicyclic) bond motifs is 1. The van der Waals surface area contributed by atoms with Crippen LogP contribution in [0.3, 0.4) is 0 Å². The average Bonchev–Trinajstić information content (AvgIpc) is 3.01. The summed E-state index contributed by atoms with van der Waals surface area (Å²) < 4.78 is 36.0. The maximum absolute atomic E-state index is 11.7. The van der Waals surface area contributed by atoms with Gasteiger partial charge in [-0.05, 0) is 25.0 Å². The molecule has 1 heterocycles. The number of hydrogen-bond acceptors (Lipinski definition) is 4. The second-order valence-electron chi connectivity index (χ2n) is 7.61. The van der Waals surface area contributed by atoms with E-state index in [0.29, 0.717) is 12.1 Å². The van der Waals surface area contributed by atoms with Crippen molar-refractivity contribution in [1.29, 1.82) is 0 Å². The number of nitrogens with zero attached hydrogens (tertiary/aromatic N) is 1. The predicted molar refractivity (Wildman–Crippen MR) is 112 cm³/mol. The fourth-order valence-electron chi connectivity index (χ4n) is 3.84. The van der Waals surface area contributed by atoms with Crippen LogP contribution in [0.1, 0.15) is 90.4 Å². The Hall–Kier alpha value is 0.366. The zero-order valence-electron chi connectivity index (χ0n) is 17.7. The molecule has 0 fully saturated rings. The number of anilines is 2. The minimum absolute atomic E-state index is 0. The molecule has 2 rings (SSSR count). The molecule has 1 unspecified atom stereocenters. The number of rotatable bonds is 14. The van der Waals surface area contributed by atoms with Crippen LogP contribution in [0.4, 0.5) is 11.4 Å². The van der Waals surface area contributed by atoms with E-state index in [1.165, 1.54) is 64.2 Å². The Morgan fingerprint density at radius 1 is 0.893 bits per heavy atom. The van der Waals surface area contributed by atoms with Crippen molar-refractivity contribution in [3.8, 4) is 0 Å². The Kier molecular flexibility index (Phi) is 13.6. The molecular formula is C21H35KN2O3S. The van der Waals surface area contributed by atoms with Crippen molar-refractivity contribution in [2.24, 2.45) is 0 Å². The van der Waals surface area contributed by atoms with Gasteiger partial charge < -0.3 is 9.87 Å². The van der Waals surface area contributed by atoms with E-state index >= 15 is 0 Å². The summed E-state index contributed by atoms with van der Waals surface area (Å²) in [6.45, 7) is 2.25. The summed E-state index contributed by atoms with van der Waals surface area (Å²) in [5.74, 6) is 0. The van der Waals surface area contributed by atoms with Crippen LogP contribution in [0.25, 0.3) is 0 Å². The van der Waals surface area contributed by atoms with E-state index in [0.717, 1.165) is 22.8 Å². The van der Waals surface area contributed by atoms with Gasteiger partial charge in [-0.3, -0.25) is 4.31 Å². The normalized spacial score (nSPS) is 15.8. The van der Waals surface area contributed by atoms with Crippen LogP contribution in [0.15, 0.2) is 24.3 Å². The molecule has 0 saturated heterocycles. The van der Waals surface area contributed by atoms with E-state index in [4.69, 9.17) is 0 Å². The molecule has 5 nitrogen and oxygen atoms in total. The largest absolute Gasteiger partial charge is 1.00 e. The van der Waals surface area contributed by atoms with E-state index in [1.54, 1.807) is 12.1 Å². The molecule has 0 spiro atoms. The number of benzene rings is 1. The zero-order chi connectivity index (χ0) is 19.5. The quantitative estimate of drug-likeness (QED) is 0.278. The second-order valence-corrected chi connectivity index (χ2v) is 8.86. The number of nitrogens with one attached hydrogen (secondary N) is 1. The summed E-state index contributed by atoms with van der Waals surface area (Å²) in [6, 6.07) is 7.09. The molecule has 0 aliphatic carbocycles. The first-order valence-electron chi connectivity index (χ1n) is 10.6. The predicted octanol–water partition coefficient (Wildman–Crippen LogP) is 2.80. The van der Waals surface area contributed by atoms with Gasteiger partial charge in [-0.25, -0.2) is 8.42 Å². The molecule has 0 bridgehead atoms. The van der Waals surface area contributed by atoms with E-state index in [-0.39, 0.29) is 51.4 Å². The first-order chi connectivity index (χ1) is 13.0. The third-order valence-electron chi connectivity index (χ3n) is 5.32. The monoisotopic (exact) mass is 434 g/mol. The van der Waals surface area contributed by atoms with Gasteiger partial charge in [-0.2, -0.15) is 0 Å².